The summed E-state index contributed by atoms with van der Waals surface area (Å²) in [6.45, 7) is 2.44. The number of anilines is 2. The first-order valence-corrected chi connectivity index (χ1v) is 8.01. The highest BCUT2D eigenvalue weighted by Crippen LogP contribution is 2.36. The summed E-state index contributed by atoms with van der Waals surface area (Å²) in [5.41, 5.74) is 0.657. The van der Waals surface area contributed by atoms with Gasteiger partial charge in [0.05, 0.1) is 18.6 Å². The van der Waals surface area contributed by atoms with Crippen molar-refractivity contribution in [3.05, 3.63) is 29.8 Å². The van der Waals surface area contributed by atoms with Crippen molar-refractivity contribution in [3.63, 3.8) is 0 Å². The first-order valence-electron chi connectivity index (χ1n) is 7.19. The van der Waals surface area contributed by atoms with Crippen LogP contribution in [-0.2, 0) is 6.18 Å². The Hall–Kier alpha value is -2.43. The Balaban J connectivity index is 1.49. The topological polar surface area (TPSA) is 62.5 Å². The van der Waals surface area contributed by atoms with Gasteiger partial charge in [0.2, 0.25) is 0 Å². The van der Waals surface area contributed by atoms with Crippen molar-refractivity contribution in [1.82, 2.24) is 24.6 Å². The van der Waals surface area contributed by atoms with Crippen LogP contribution in [0.15, 0.2) is 24.9 Å². The number of hydrogen-bond donors (Lipinski definition) is 0. The Morgan fingerprint density at radius 1 is 0.958 bits per heavy atom. The second-order valence-corrected chi connectivity index (χ2v) is 6.28. The molecule has 7 nitrogen and oxygen atoms in total. The fourth-order valence-corrected chi connectivity index (χ4v) is 3.46. The van der Waals surface area contributed by atoms with Gasteiger partial charge in [-0.15, -0.1) is 0 Å². The molecule has 0 aliphatic carbocycles. The highest BCUT2D eigenvalue weighted by molar-refractivity contribution is 7.15. The van der Waals surface area contributed by atoms with Gasteiger partial charge in [-0.1, -0.05) is 11.3 Å². The zero-order valence-electron chi connectivity index (χ0n) is 12.3. The molecule has 1 fully saturated rings. The lowest BCUT2D eigenvalue weighted by Crippen LogP contribution is -2.47. The monoisotopic (exact) mass is 355 g/mol. The van der Waals surface area contributed by atoms with Crippen LogP contribution in [0, 0.1) is 0 Å². The van der Waals surface area contributed by atoms with Crippen LogP contribution in [0.5, 0.6) is 0 Å². The number of rotatable bonds is 2. The van der Waals surface area contributed by atoms with Crippen molar-refractivity contribution in [2.24, 2.45) is 0 Å². The minimum absolute atomic E-state index is 0.402. The van der Waals surface area contributed by atoms with E-state index in [0.29, 0.717) is 48.3 Å². The number of aromatic nitrogens is 5. The fourth-order valence-electron chi connectivity index (χ4n) is 2.62. The molecular formula is C13H12F3N7S. The van der Waals surface area contributed by atoms with Crippen molar-refractivity contribution < 1.29 is 13.2 Å². The van der Waals surface area contributed by atoms with E-state index in [9.17, 15) is 13.2 Å². The van der Waals surface area contributed by atoms with Gasteiger partial charge >= 0.3 is 6.18 Å². The van der Waals surface area contributed by atoms with Gasteiger partial charge in [0, 0.05) is 26.2 Å². The lowest BCUT2D eigenvalue weighted by atomic mass is 10.3. The van der Waals surface area contributed by atoms with E-state index in [1.54, 1.807) is 16.9 Å². The average Bonchev–Trinajstić information content (AvgIpc) is 3.23. The van der Waals surface area contributed by atoms with Crippen LogP contribution in [0.25, 0.3) is 5.65 Å². The molecule has 3 aromatic heterocycles. The Kier molecular flexibility index (Phi) is 3.52. The van der Waals surface area contributed by atoms with E-state index in [-0.39, 0.29) is 0 Å². The van der Waals surface area contributed by atoms with Crippen LogP contribution in [0.3, 0.4) is 0 Å². The summed E-state index contributed by atoms with van der Waals surface area (Å²) in [5, 5.41) is 4.58. The molecule has 0 unspecified atom stereocenters. The van der Waals surface area contributed by atoms with E-state index in [1.807, 2.05) is 4.90 Å². The minimum atomic E-state index is -4.34. The molecule has 1 saturated heterocycles. The van der Waals surface area contributed by atoms with E-state index in [1.165, 1.54) is 6.33 Å². The van der Waals surface area contributed by atoms with Gasteiger partial charge in [0.1, 0.15) is 11.2 Å². The number of fused-ring (bicyclic) bond motifs is 1. The van der Waals surface area contributed by atoms with Crippen molar-refractivity contribution in [1.29, 1.82) is 0 Å². The van der Waals surface area contributed by atoms with Gasteiger partial charge < -0.3 is 9.80 Å². The molecule has 0 saturated carbocycles. The minimum Gasteiger partial charge on any atom is -0.352 e. The third-order valence-corrected chi connectivity index (χ3v) is 4.92. The quantitative estimate of drug-likeness (QED) is 0.700. The molecule has 4 rings (SSSR count). The maximum absolute atomic E-state index is 12.7. The van der Waals surface area contributed by atoms with Gasteiger partial charge in [0.25, 0.3) is 0 Å². The van der Waals surface area contributed by atoms with E-state index in [4.69, 9.17) is 0 Å². The number of nitrogens with zero attached hydrogens (tertiary/aromatic N) is 7. The Bertz CT molecular complexity index is 850. The first kappa shape index (κ1) is 15.1. The highest BCUT2D eigenvalue weighted by Gasteiger charge is 2.34. The van der Waals surface area contributed by atoms with E-state index in [2.05, 4.69) is 25.0 Å². The molecule has 3 aromatic rings. The van der Waals surface area contributed by atoms with Crippen molar-refractivity contribution >= 4 is 27.9 Å². The molecule has 24 heavy (non-hydrogen) atoms. The summed E-state index contributed by atoms with van der Waals surface area (Å²) in [7, 11) is 0. The molecule has 1 aliphatic heterocycles. The Morgan fingerprint density at radius 2 is 1.71 bits per heavy atom. The van der Waals surface area contributed by atoms with Gasteiger partial charge in [-0.05, 0) is 0 Å². The van der Waals surface area contributed by atoms with E-state index < -0.39 is 11.1 Å². The highest BCUT2D eigenvalue weighted by atomic mass is 32.1. The molecular weight excluding hydrogens is 343 g/mol. The maximum atomic E-state index is 12.7. The van der Waals surface area contributed by atoms with Gasteiger partial charge in [0.15, 0.2) is 16.6 Å². The Morgan fingerprint density at radius 3 is 2.42 bits per heavy atom. The zero-order valence-corrected chi connectivity index (χ0v) is 13.1. The van der Waals surface area contributed by atoms with E-state index in [0.717, 1.165) is 12.0 Å². The molecule has 11 heteroatoms. The van der Waals surface area contributed by atoms with Crippen LogP contribution in [0.2, 0.25) is 0 Å². The number of alkyl halides is 3. The second kappa shape index (κ2) is 5.58. The number of thiazole rings is 1. The second-order valence-electron chi connectivity index (χ2n) is 5.27. The summed E-state index contributed by atoms with van der Waals surface area (Å²) in [5.74, 6) is 0.819. The number of hydrogen-bond acceptors (Lipinski definition) is 7. The third kappa shape index (κ3) is 2.64. The van der Waals surface area contributed by atoms with Crippen LogP contribution < -0.4 is 9.80 Å². The third-order valence-electron chi connectivity index (χ3n) is 3.82. The molecule has 4 heterocycles. The van der Waals surface area contributed by atoms with Gasteiger partial charge in [-0.3, -0.25) is 4.98 Å². The summed E-state index contributed by atoms with van der Waals surface area (Å²) < 4.78 is 39.8. The smallest absolute Gasteiger partial charge is 0.352 e. The number of halogens is 3. The predicted molar refractivity (Wildman–Crippen MR) is 82.3 cm³/mol. The largest absolute Gasteiger partial charge is 0.427 e. The van der Waals surface area contributed by atoms with Crippen LogP contribution >= 0.6 is 11.3 Å². The lowest BCUT2D eigenvalue weighted by Gasteiger charge is -2.35. The number of piperazine rings is 1. The van der Waals surface area contributed by atoms with Crippen LogP contribution in [0.1, 0.15) is 4.88 Å². The molecule has 0 spiro atoms. The molecule has 0 N–H and O–H groups in total. The summed E-state index contributed by atoms with van der Waals surface area (Å²) in [4.78, 5) is 15.4. The Labute approximate surface area is 138 Å². The van der Waals surface area contributed by atoms with Crippen molar-refractivity contribution in [2.75, 3.05) is 36.0 Å². The van der Waals surface area contributed by atoms with Gasteiger partial charge in [-0.2, -0.15) is 22.8 Å². The SMILES string of the molecule is FC(F)(F)c1cnc(N2CCN(c3cncc4ncnn34)CC2)s1. The maximum Gasteiger partial charge on any atom is 0.427 e. The standard InChI is InChI=1S/C13H12F3N7S/c14-13(15,16)9-5-18-12(24-9)22-3-1-21(2-4-22)11-7-17-6-10-19-8-20-23(10)11/h5-8H,1-4H2. The predicted octanol–water partition coefficient (Wildman–Crippen LogP) is 1.93. The first-order chi connectivity index (χ1) is 11.5. The molecule has 0 bridgehead atoms. The molecule has 1 aliphatic rings. The molecule has 0 radical (unpaired) electrons. The van der Waals surface area contributed by atoms with Gasteiger partial charge in [-0.25, -0.2) is 9.97 Å². The zero-order chi connectivity index (χ0) is 16.7. The lowest BCUT2D eigenvalue weighted by molar-refractivity contribution is -0.134. The van der Waals surface area contributed by atoms with Crippen molar-refractivity contribution in [3.8, 4) is 0 Å². The van der Waals surface area contributed by atoms with E-state index >= 15 is 0 Å². The molecule has 0 atom stereocenters. The molecule has 0 aromatic carbocycles. The average molecular weight is 355 g/mol. The van der Waals surface area contributed by atoms with Crippen LogP contribution in [0.4, 0.5) is 24.1 Å². The summed E-state index contributed by atoms with van der Waals surface area (Å²) in [6, 6.07) is 0. The summed E-state index contributed by atoms with van der Waals surface area (Å²) in [6.07, 6.45) is 1.35. The normalized spacial score (nSPS) is 16.1. The molecule has 126 valence electrons. The fraction of sp³-hybridized carbons (Fsp3) is 0.385. The van der Waals surface area contributed by atoms with Crippen LogP contribution in [-0.4, -0.2) is 50.7 Å². The van der Waals surface area contributed by atoms with Crippen molar-refractivity contribution in [2.45, 2.75) is 6.18 Å². The molecule has 0 amide bonds. The summed E-state index contributed by atoms with van der Waals surface area (Å²) >= 11 is 0.679.